The summed E-state index contributed by atoms with van der Waals surface area (Å²) >= 11 is 0. The van der Waals surface area contributed by atoms with Gasteiger partial charge in [0.05, 0.1) is 13.2 Å². The predicted molar refractivity (Wildman–Crippen MR) is 70.0 cm³/mol. The van der Waals surface area contributed by atoms with E-state index in [2.05, 4.69) is 5.32 Å². The number of aliphatic hydroxyl groups is 1. The molecular formula is C13H26N2O3. The summed E-state index contributed by atoms with van der Waals surface area (Å²) in [7, 11) is 0. The molecule has 5 nitrogen and oxygen atoms in total. The summed E-state index contributed by atoms with van der Waals surface area (Å²) in [4.78, 5) is 11.9. The standard InChI is InChI=1S/C13H26N2O3/c14-10-11-2-4-12(5-3-11)13(17)15-6-1-8-18-9-7-16/h11-12,16H,1-10,14H2,(H,15,17). The number of nitrogens with two attached hydrogens (primary N) is 1. The van der Waals surface area contributed by atoms with Crippen LogP contribution in [0, 0.1) is 11.8 Å². The Morgan fingerprint density at radius 2 is 2.00 bits per heavy atom. The van der Waals surface area contributed by atoms with Gasteiger partial charge < -0.3 is 20.9 Å². The van der Waals surface area contributed by atoms with Crippen molar-refractivity contribution < 1.29 is 14.6 Å². The Morgan fingerprint density at radius 3 is 2.61 bits per heavy atom. The van der Waals surface area contributed by atoms with Crippen LogP contribution in [0.3, 0.4) is 0 Å². The summed E-state index contributed by atoms with van der Waals surface area (Å²) in [5, 5.41) is 11.5. The Balaban J connectivity index is 2.03. The highest BCUT2D eigenvalue weighted by atomic mass is 16.5. The van der Waals surface area contributed by atoms with Crippen molar-refractivity contribution in [2.45, 2.75) is 32.1 Å². The third-order valence-corrected chi connectivity index (χ3v) is 3.55. The molecule has 0 aromatic heterocycles. The van der Waals surface area contributed by atoms with Crippen LogP contribution in [-0.4, -0.2) is 43.9 Å². The molecule has 0 saturated heterocycles. The summed E-state index contributed by atoms with van der Waals surface area (Å²) in [6.07, 6.45) is 4.88. The number of carbonyl (C=O) groups excluding carboxylic acids is 1. The molecule has 1 aliphatic carbocycles. The smallest absolute Gasteiger partial charge is 0.223 e. The monoisotopic (exact) mass is 258 g/mol. The van der Waals surface area contributed by atoms with E-state index in [4.69, 9.17) is 15.6 Å². The molecule has 0 unspecified atom stereocenters. The topological polar surface area (TPSA) is 84.6 Å². The van der Waals surface area contributed by atoms with Crippen LogP contribution in [-0.2, 0) is 9.53 Å². The number of amides is 1. The normalized spacial score (nSPS) is 23.9. The summed E-state index contributed by atoms with van der Waals surface area (Å²) in [6.45, 7) is 2.41. The number of rotatable bonds is 8. The van der Waals surface area contributed by atoms with Gasteiger partial charge in [-0.25, -0.2) is 0 Å². The first-order valence-electron chi connectivity index (χ1n) is 6.94. The molecule has 0 atom stereocenters. The van der Waals surface area contributed by atoms with Crippen molar-refractivity contribution in [3.8, 4) is 0 Å². The molecule has 0 aliphatic heterocycles. The molecule has 5 heteroatoms. The second kappa shape index (κ2) is 9.30. The number of aliphatic hydroxyl groups excluding tert-OH is 1. The van der Waals surface area contributed by atoms with E-state index in [1.165, 1.54) is 0 Å². The van der Waals surface area contributed by atoms with Gasteiger partial charge in [-0.15, -0.1) is 0 Å². The van der Waals surface area contributed by atoms with Gasteiger partial charge >= 0.3 is 0 Å². The van der Waals surface area contributed by atoms with Crippen LogP contribution < -0.4 is 11.1 Å². The molecule has 18 heavy (non-hydrogen) atoms. The van der Waals surface area contributed by atoms with Gasteiger partial charge in [-0.3, -0.25) is 4.79 Å². The average molecular weight is 258 g/mol. The SMILES string of the molecule is NCC1CCC(C(=O)NCCCOCCO)CC1. The van der Waals surface area contributed by atoms with E-state index in [1.807, 2.05) is 0 Å². The van der Waals surface area contributed by atoms with Gasteiger partial charge in [0.15, 0.2) is 0 Å². The van der Waals surface area contributed by atoms with Crippen LogP contribution in [0.25, 0.3) is 0 Å². The molecule has 1 saturated carbocycles. The Kier molecular flexibility index (Phi) is 7.96. The average Bonchev–Trinajstić information content (AvgIpc) is 2.42. The van der Waals surface area contributed by atoms with Crippen LogP contribution in [0.1, 0.15) is 32.1 Å². The third-order valence-electron chi connectivity index (χ3n) is 3.55. The van der Waals surface area contributed by atoms with E-state index in [9.17, 15) is 4.79 Å². The second-order valence-corrected chi connectivity index (χ2v) is 4.93. The fraction of sp³-hybridized carbons (Fsp3) is 0.923. The molecular weight excluding hydrogens is 232 g/mol. The maximum Gasteiger partial charge on any atom is 0.223 e. The molecule has 0 spiro atoms. The molecule has 4 N–H and O–H groups in total. The van der Waals surface area contributed by atoms with Gasteiger partial charge in [0.25, 0.3) is 0 Å². The molecule has 1 amide bonds. The molecule has 0 heterocycles. The number of carbonyl (C=O) groups is 1. The first kappa shape index (κ1) is 15.4. The summed E-state index contributed by atoms with van der Waals surface area (Å²) in [6, 6.07) is 0. The molecule has 106 valence electrons. The van der Waals surface area contributed by atoms with Crippen molar-refractivity contribution in [1.82, 2.24) is 5.32 Å². The number of nitrogens with one attached hydrogen (secondary N) is 1. The Bertz CT molecular complexity index is 228. The van der Waals surface area contributed by atoms with E-state index < -0.39 is 0 Å². The lowest BCUT2D eigenvalue weighted by molar-refractivity contribution is -0.126. The first-order valence-corrected chi connectivity index (χ1v) is 6.94. The highest BCUT2D eigenvalue weighted by Crippen LogP contribution is 2.27. The van der Waals surface area contributed by atoms with Gasteiger partial charge in [0.1, 0.15) is 0 Å². The number of hydrogen-bond donors (Lipinski definition) is 3. The molecule has 1 fully saturated rings. The van der Waals surface area contributed by atoms with E-state index in [-0.39, 0.29) is 18.4 Å². The summed E-state index contributed by atoms with van der Waals surface area (Å²) < 4.78 is 5.12. The zero-order valence-electron chi connectivity index (χ0n) is 11.1. The lowest BCUT2D eigenvalue weighted by Crippen LogP contribution is -2.35. The maximum absolute atomic E-state index is 11.9. The minimum absolute atomic E-state index is 0.0523. The predicted octanol–water partition coefficient (Wildman–Crippen LogP) is 0.267. The van der Waals surface area contributed by atoms with Crippen LogP contribution in [0.15, 0.2) is 0 Å². The number of ether oxygens (including phenoxy) is 1. The first-order chi connectivity index (χ1) is 8.77. The maximum atomic E-state index is 11.9. The van der Waals surface area contributed by atoms with E-state index in [1.54, 1.807) is 0 Å². The van der Waals surface area contributed by atoms with Gasteiger partial charge in [0, 0.05) is 19.1 Å². The van der Waals surface area contributed by atoms with Crippen molar-refractivity contribution in [1.29, 1.82) is 0 Å². The van der Waals surface area contributed by atoms with Gasteiger partial charge in [-0.05, 0) is 44.6 Å². The minimum Gasteiger partial charge on any atom is -0.394 e. The second-order valence-electron chi connectivity index (χ2n) is 4.93. The fourth-order valence-electron chi connectivity index (χ4n) is 2.36. The van der Waals surface area contributed by atoms with Gasteiger partial charge in [-0.1, -0.05) is 0 Å². The van der Waals surface area contributed by atoms with Crippen LogP contribution in [0.5, 0.6) is 0 Å². The highest BCUT2D eigenvalue weighted by molar-refractivity contribution is 5.78. The molecule has 1 rings (SSSR count). The summed E-state index contributed by atoms with van der Waals surface area (Å²) in [5.41, 5.74) is 5.63. The van der Waals surface area contributed by atoms with Crippen LogP contribution >= 0.6 is 0 Å². The van der Waals surface area contributed by atoms with Gasteiger partial charge in [0.2, 0.25) is 5.91 Å². The van der Waals surface area contributed by atoms with Crippen molar-refractivity contribution in [3.63, 3.8) is 0 Å². The Labute approximate surface area is 109 Å². The Morgan fingerprint density at radius 1 is 1.28 bits per heavy atom. The molecule has 0 radical (unpaired) electrons. The van der Waals surface area contributed by atoms with E-state index in [0.29, 0.717) is 25.7 Å². The van der Waals surface area contributed by atoms with E-state index in [0.717, 1.165) is 38.6 Å². The fourth-order valence-corrected chi connectivity index (χ4v) is 2.36. The van der Waals surface area contributed by atoms with Crippen molar-refractivity contribution >= 4 is 5.91 Å². The van der Waals surface area contributed by atoms with Crippen molar-refractivity contribution in [2.75, 3.05) is 32.9 Å². The largest absolute Gasteiger partial charge is 0.394 e. The van der Waals surface area contributed by atoms with Crippen molar-refractivity contribution in [3.05, 3.63) is 0 Å². The van der Waals surface area contributed by atoms with Crippen LogP contribution in [0.2, 0.25) is 0 Å². The minimum atomic E-state index is 0.0523. The van der Waals surface area contributed by atoms with E-state index >= 15 is 0 Å². The number of hydrogen-bond acceptors (Lipinski definition) is 4. The van der Waals surface area contributed by atoms with Gasteiger partial charge in [-0.2, -0.15) is 0 Å². The lowest BCUT2D eigenvalue weighted by Gasteiger charge is -2.26. The molecule has 1 aliphatic rings. The van der Waals surface area contributed by atoms with Crippen molar-refractivity contribution in [2.24, 2.45) is 17.6 Å². The molecule has 0 aromatic carbocycles. The Hall–Kier alpha value is -0.650. The quantitative estimate of drug-likeness (QED) is 0.545. The highest BCUT2D eigenvalue weighted by Gasteiger charge is 2.25. The molecule has 0 bridgehead atoms. The van der Waals surface area contributed by atoms with Crippen LogP contribution in [0.4, 0.5) is 0 Å². The summed E-state index contributed by atoms with van der Waals surface area (Å²) in [5.74, 6) is 0.958. The zero-order valence-corrected chi connectivity index (χ0v) is 11.1. The molecule has 0 aromatic rings. The third kappa shape index (κ3) is 5.80. The zero-order chi connectivity index (χ0) is 13.2. The lowest BCUT2D eigenvalue weighted by atomic mass is 9.81.